The van der Waals surface area contributed by atoms with Gasteiger partial charge in [0.2, 0.25) is 5.71 Å². The van der Waals surface area contributed by atoms with Crippen LogP contribution in [0.1, 0.15) is 112 Å². The van der Waals surface area contributed by atoms with Crippen molar-refractivity contribution >= 4 is 22.1 Å². The second kappa shape index (κ2) is 20.9. The third kappa shape index (κ3) is 11.5. The van der Waals surface area contributed by atoms with Crippen molar-refractivity contribution in [2.75, 3.05) is 0 Å². The maximum Gasteiger partial charge on any atom is 3.00 e. The van der Waals surface area contributed by atoms with Crippen molar-refractivity contribution in [3.8, 4) is 44.9 Å². The van der Waals surface area contributed by atoms with E-state index in [4.69, 9.17) is 27.6 Å². The summed E-state index contributed by atoms with van der Waals surface area (Å²) in [4.78, 5) is 18.9. The predicted octanol–water partition coefficient (Wildman–Crippen LogP) is 16.3. The Labute approximate surface area is 460 Å². The summed E-state index contributed by atoms with van der Waals surface area (Å²) < 4.78 is 96.3. The van der Waals surface area contributed by atoms with Gasteiger partial charge in [-0.25, -0.2) is 4.98 Å². The van der Waals surface area contributed by atoms with Gasteiger partial charge in [-0.15, -0.1) is 89.5 Å². The normalized spacial score (nSPS) is 14.8. The third-order valence-corrected chi connectivity index (χ3v) is 13.3. The molecule has 6 heteroatoms. The summed E-state index contributed by atoms with van der Waals surface area (Å²) >= 11 is 0. The van der Waals surface area contributed by atoms with Crippen LogP contribution in [0.2, 0.25) is 0 Å². The first-order chi connectivity index (χ1) is 38.5. The molecule has 0 aliphatic rings. The first kappa shape index (κ1) is 39.7. The molecule has 5 aromatic heterocycles. The fourth-order valence-corrected chi connectivity index (χ4v) is 9.69. The minimum atomic E-state index is -2.86. The summed E-state index contributed by atoms with van der Waals surface area (Å²) in [7, 11) is 0. The van der Waals surface area contributed by atoms with Crippen LogP contribution in [0.3, 0.4) is 0 Å². The SMILES string of the molecule is [2H]C([2H])([2H])c1ccc2c(n1)oc1c(-c3cc(-c4ccccc4C([2H])([2H])[2H])c(C([2H])([2H])C([2H])([2H])c4cc(CC(C)(C)c5ccc(-c6[c-]cccc6)nc5)cc(CC(C)(C)c5ccc(-c6[c-]ccc(CC(C)(C)C)c6)nc5)c4)cn3)[c-]ccc12.[Ir+3]. The number of aryl methyl sites for hydroxylation is 4. The number of rotatable bonds is 14. The summed E-state index contributed by atoms with van der Waals surface area (Å²) in [6.07, 6.45) is 1.19. The molecule has 73 heavy (non-hydrogen) atoms. The molecule has 0 aliphatic heterocycles. The predicted molar refractivity (Wildman–Crippen MR) is 296 cm³/mol. The summed E-state index contributed by atoms with van der Waals surface area (Å²) in [5.41, 5.74) is 8.03. The van der Waals surface area contributed by atoms with Gasteiger partial charge in [0, 0.05) is 43.4 Å². The van der Waals surface area contributed by atoms with Gasteiger partial charge in [0.1, 0.15) is 0 Å². The molecule has 0 amide bonds. The van der Waals surface area contributed by atoms with Crippen LogP contribution in [0.15, 0.2) is 163 Å². The van der Waals surface area contributed by atoms with E-state index in [1.54, 1.807) is 54.6 Å². The Morgan fingerprint density at radius 3 is 1.88 bits per heavy atom. The largest absolute Gasteiger partial charge is 3.00 e. The van der Waals surface area contributed by atoms with Gasteiger partial charge in [-0.3, -0.25) is 0 Å². The zero-order valence-corrected chi connectivity index (χ0v) is 44.6. The van der Waals surface area contributed by atoms with Gasteiger partial charge in [-0.1, -0.05) is 132 Å². The van der Waals surface area contributed by atoms with Crippen LogP contribution < -0.4 is 0 Å². The van der Waals surface area contributed by atoms with Crippen LogP contribution in [-0.2, 0) is 62.9 Å². The number of nitrogens with zero attached hydrogens (tertiary/aromatic N) is 4. The van der Waals surface area contributed by atoms with Crippen molar-refractivity contribution in [3.63, 3.8) is 0 Å². The third-order valence-electron chi connectivity index (χ3n) is 13.3. The number of benzene rings is 5. The van der Waals surface area contributed by atoms with Gasteiger partial charge in [-0.05, 0) is 141 Å². The number of furan rings is 1. The van der Waals surface area contributed by atoms with E-state index in [2.05, 4.69) is 102 Å². The summed E-state index contributed by atoms with van der Waals surface area (Å²) in [6, 6.07) is 51.7. The fraction of sp³-hybridized carbons (Fsp3) is 0.254. The maximum atomic E-state index is 10.1. The number of aromatic nitrogens is 4. The summed E-state index contributed by atoms with van der Waals surface area (Å²) in [5, 5.41) is 1.15. The number of hydrogen-bond acceptors (Lipinski definition) is 5. The number of fused-ring (bicyclic) bond motifs is 3. The molecular formula is C67H63IrN4O. The molecule has 0 saturated heterocycles. The first-order valence-corrected chi connectivity index (χ1v) is 24.4. The first-order valence-electron chi connectivity index (χ1n) is 29.4. The van der Waals surface area contributed by atoms with Crippen LogP contribution in [0.25, 0.3) is 67.0 Å². The van der Waals surface area contributed by atoms with Crippen molar-refractivity contribution < 1.29 is 38.2 Å². The average molecular weight is 1140 g/mol. The molecule has 10 aromatic rings. The van der Waals surface area contributed by atoms with Crippen molar-refractivity contribution in [1.82, 2.24) is 19.9 Å². The van der Waals surface area contributed by atoms with Crippen LogP contribution in [0, 0.1) is 37.3 Å². The molecular weight excluding hydrogens is 1070 g/mol. The van der Waals surface area contributed by atoms with E-state index >= 15 is 0 Å². The molecule has 0 saturated carbocycles. The fourth-order valence-electron chi connectivity index (χ4n) is 9.69. The van der Waals surface area contributed by atoms with E-state index in [1.165, 1.54) is 23.9 Å². The maximum absolute atomic E-state index is 10.1. The molecule has 366 valence electrons. The number of pyridine rings is 4. The quantitative estimate of drug-likeness (QED) is 0.102. The van der Waals surface area contributed by atoms with E-state index in [9.17, 15) is 5.48 Å². The molecule has 0 aliphatic carbocycles. The van der Waals surface area contributed by atoms with Crippen LogP contribution >= 0.6 is 0 Å². The molecule has 0 radical (unpaired) electrons. The molecule has 5 heterocycles. The number of hydrogen-bond donors (Lipinski definition) is 0. The Morgan fingerprint density at radius 1 is 0.534 bits per heavy atom. The standard InChI is InChI=1S/C67H63N4O.Ir/c1-44-17-13-14-22-55(44)59-37-62(58-24-16-23-56-57-30-25-45(2)71-64(57)72-63(56)58)68-41-52(59)27-26-46-33-48(39-66(6,7)53-28-31-60(69-42-53)50-19-11-10-12-20-50)35-49(34-46)40-67(8,9)54-29-32-61(70-43-54)51-21-15-18-47(36-51)38-65(3,4)5;/h10-19,22-23,25,28-37,41-43H,26-27,38-40H2,1-9H3;/q-3;+3/i1D3,2D3,26D2,27D2;. The Kier molecular flexibility index (Phi) is 11.4. The summed E-state index contributed by atoms with van der Waals surface area (Å²) in [5.74, 6) is 0. The minimum absolute atomic E-state index is 0. The molecule has 10 rings (SSSR count). The second-order valence-electron chi connectivity index (χ2n) is 21.3. The summed E-state index contributed by atoms with van der Waals surface area (Å²) in [6.45, 7) is 9.99. The Morgan fingerprint density at radius 2 is 1.21 bits per heavy atom. The smallest absolute Gasteiger partial charge is 0.486 e. The van der Waals surface area contributed by atoms with Gasteiger partial charge in [-0.2, -0.15) is 0 Å². The minimum Gasteiger partial charge on any atom is -0.486 e. The zero-order chi connectivity index (χ0) is 58.8. The van der Waals surface area contributed by atoms with Crippen LogP contribution in [0.4, 0.5) is 0 Å². The molecule has 0 spiro atoms. The molecule has 0 N–H and O–H groups in total. The zero-order valence-electron chi connectivity index (χ0n) is 52.2. The van der Waals surface area contributed by atoms with Crippen LogP contribution in [-0.4, -0.2) is 19.9 Å². The van der Waals surface area contributed by atoms with Crippen molar-refractivity contribution in [3.05, 3.63) is 227 Å². The van der Waals surface area contributed by atoms with Crippen molar-refractivity contribution in [1.29, 1.82) is 0 Å². The van der Waals surface area contributed by atoms with Gasteiger partial charge >= 0.3 is 20.1 Å². The Balaban J connectivity index is 0.00000828. The van der Waals surface area contributed by atoms with E-state index in [0.29, 0.717) is 29.2 Å². The molecule has 0 atom stereocenters. The topological polar surface area (TPSA) is 64.7 Å². The van der Waals surface area contributed by atoms with Gasteiger partial charge < -0.3 is 19.4 Å². The molecule has 5 aromatic carbocycles. The molecule has 0 fully saturated rings. The van der Waals surface area contributed by atoms with Gasteiger partial charge in [0.05, 0.1) is 5.58 Å². The average Bonchev–Trinajstić information content (AvgIpc) is 3.46. The van der Waals surface area contributed by atoms with E-state index in [-0.39, 0.29) is 76.0 Å². The van der Waals surface area contributed by atoms with Crippen LogP contribution in [0.5, 0.6) is 0 Å². The molecule has 0 unspecified atom stereocenters. The van der Waals surface area contributed by atoms with Gasteiger partial charge in [0.15, 0.2) is 0 Å². The monoisotopic (exact) mass is 1140 g/mol. The Hall–Kier alpha value is -6.85. The second-order valence-corrected chi connectivity index (χ2v) is 21.3. The Bertz CT molecular complexity index is 3980. The molecule has 0 bridgehead atoms. The van der Waals surface area contributed by atoms with Crippen molar-refractivity contribution in [2.45, 2.75) is 105 Å². The van der Waals surface area contributed by atoms with Gasteiger partial charge in [0.25, 0.3) is 0 Å². The van der Waals surface area contributed by atoms with E-state index in [1.807, 2.05) is 54.9 Å². The van der Waals surface area contributed by atoms with Crippen molar-refractivity contribution in [2.24, 2.45) is 5.41 Å². The van der Waals surface area contributed by atoms with E-state index < -0.39 is 37.3 Å². The molecule has 5 nitrogen and oxygen atoms in total. The van der Waals surface area contributed by atoms with E-state index in [0.717, 1.165) is 51.2 Å².